The summed E-state index contributed by atoms with van der Waals surface area (Å²) in [6.07, 6.45) is 5.10. The van der Waals surface area contributed by atoms with Crippen molar-refractivity contribution in [2.75, 3.05) is 80.3 Å². The lowest BCUT2D eigenvalue weighted by Crippen LogP contribution is -2.46. The van der Waals surface area contributed by atoms with Gasteiger partial charge in [0.25, 0.3) is 0 Å². The third-order valence-electron chi connectivity index (χ3n) is 6.36. The lowest BCUT2D eigenvalue weighted by molar-refractivity contribution is 0.0169. The summed E-state index contributed by atoms with van der Waals surface area (Å²) in [6, 6.07) is 6.37. The topological polar surface area (TPSA) is 70.6 Å². The molecule has 2 aliphatic rings. The van der Waals surface area contributed by atoms with Crippen molar-refractivity contribution in [1.29, 1.82) is 0 Å². The lowest BCUT2D eigenvalue weighted by atomic mass is 10.0. The van der Waals surface area contributed by atoms with E-state index >= 15 is 0 Å². The van der Waals surface area contributed by atoms with Crippen LogP contribution >= 0.6 is 24.0 Å². The van der Waals surface area contributed by atoms with Gasteiger partial charge in [0, 0.05) is 33.2 Å². The molecule has 0 aliphatic carbocycles. The van der Waals surface area contributed by atoms with Gasteiger partial charge in [-0.25, -0.2) is 0 Å². The van der Waals surface area contributed by atoms with Crippen molar-refractivity contribution >= 4 is 29.9 Å². The molecule has 8 nitrogen and oxygen atoms in total. The number of likely N-dealkylation sites (tertiary alicyclic amines) is 1. The van der Waals surface area contributed by atoms with Crippen LogP contribution in [0.5, 0.6) is 11.5 Å². The number of aliphatic imine (C=N–C) groups is 1. The van der Waals surface area contributed by atoms with E-state index in [1.165, 1.54) is 44.5 Å². The molecule has 0 bridgehead atoms. The molecule has 0 spiro atoms. The van der Waals surface area contributed by atoms with Crippen LogP contribution in [-0.4, -0.2) is 96.1 Å². The molecule has 1 unspecified atom stereocenters. The summed E-state index contributed by atoms with van der Waals surface area (Å²) in [5.41, 5.74) is 1.19. The Hall–Kier alpha value is -1.30. The maximum Gasteiger partial charge on any atom is 0.191 e. The van der Waals surface area contributed by atoms with E-state index in [4.69, 9.17) is 14.2 Å². The standard InChI is InChI=1S/C24H41N5O3.HI/c1-25-24(26-10-4-5-11-28-12-6-7-13-28)27-19-21(29-14-16-32-17-15-29)20-8-9-22(30-2)23(18-20)31-3;/h8-9,18,21H,4-7,10-17,19H2,1-3H3,(H2,25,26,27);1H. The van der Waals surface area contributed by atoms with Crippen LogP contribution in [-0.2, 0) is 4.74 Å². The van der Waals surface area contributed by atoms with Gasteiger partial charge in [-0.15, -0.1) is 24.0 Å². The molecule has 0 radical (unpaired) electrons. The molecule has 9 heteroatoms. The Labute approximate surface area is 216 Å². The zero-order valence-corrected chi connectivity index (χ0v) is 22.8. The summed E-state index contributed by atoms with van der Waals surface area (Å²) in [5.74, 6) is 2.35. The van der Waals surface area contributed by atoms with Gasteiger partial charge in [0.2, 0.25) is 0 Å². The monoisotopic (exact) mass is 575 g/mol. The van der Waals surface area contributed by atoms with Gasteiger partial charge in [-0.05, 0) is 63.0 Å². The molecule has 0 aromatic heterocycles. The van der Waals surface area contributed by atoms with Crippen LogP contribution in [0.4, 0.5) is 0 Å². The van der Waals surface area contributed by atoms with E-state index in [0.29, 0.717) is 0 Å². The minimum atomic E-state index is 0. The summed E-state index contributed by atoms with van der Waals surface area (Å²) in [7, 11) is 5.18. The molecule has 3 rings (SSSR count). The van der Waals surface area contributed by atoms with Gasteiger partial charge in [-0.3, -0.25) is 9.89 Å². The fraction of sp³-hybridized carbons (Fsp3) is 0.708. The van der Waals surface area contributed by atoms with Crippen molar-refractivity contribution in [2.24, 2.45) is 4.99 Å². The van der Waals surface area contributed by atoms with Gasteiger partial charge in [0.15, 0.2) is 17.5 Å². The first kappa shape index (κ1) is 27.9. The van der Waals surface area contributed by atoms with Crippen LogP contribution in [0.2, 0.25) is 0 Å². The molecule has 0 amide bonds. The van der Waals surface area contributed by atoms with Crippen LogP contribution in [0.15, 0.2) is 23.2 Å². The number of morpholine rings is 1. The van der Waals surface area contributed by atoms with Gasteiger partial charge in [-0.1, -0.05) is 6.07 Å². The molecule has 2 N–H and O–H groups in total. The van der Waals surface area contributed by atoms with Crippen LogP contribution in [0.25, 0.3) is 0 Å². The van der Waals surface area contributed by atoms with E-state index in [1.807, 2.05) is 13.1 Å². The number of rotatable bonds is 11. The molecule has 33 heavy (non-hydrogen) atoms. The van der Waals surface area contributed by atoms with Gasteiger partial charge >= 0.3 is 0 Å². The highest BCUT2D eigenvalue weighted by molar-refractivity contribution is 14.0. The highest BCUT2D eigenvalue weighted by Crippen LogP contribution is 2.32. The molecule has 188 valence electrons. The number of nitrogens with one attached hydrogen (secondary N) is 2. The van der Waals surface area contributed by atoms with Crippen LogP contribution in [0, 0.1) is 0 Å². The first-order valence-corrected chi connectivity index (χ1v) is 12.0. The summed E-state index contributed by atoms with van der Waals surface area (Å²) in [4.78, 5) is 9.46. The number of hydrogen-bond donors (Lipinski definition) is 2. The first-order valence-electron chi connectivity index (χ1n) is 12.0. The molecular formula is C24H42IN5O3. The summed E-state index contributed by atoms with van der Waals surface area (Å²) >= 11 is 0. The van der Waals surface area contributed by atoms with Crippen molar-refractivity contribution in [3.8, 4) is 11.5 Å². The molecule has 2 saturated heterocycles. The number of hydrogen-bond acceptors (Lipinski definition) is 6. The third kappa shape index (κ3) is 8.77. The average molecular weight is 576 g/mol. The second kappa shape index (κ2) is 15.6. The normalized spacial score (nSPS) is 18.5. The Kier molecular flexibility index (Phi) is 13.2. The fourth-order valence-corrected chi connectivity index (χ4v) is 4.49. The molecule has 2 heterocycles. The number of guanidine groups is 1. The van der Waals surface area contributed by atoms with Crippen molar-refractivity contribution in [1.82, 2.24) is 20.4 Å². The number of ether oxygens (including phenoxy) is 3. The summed E-state index contributed by atoms with van der Waals surface area (Å²) in [6.45, 7) is 8.78. The quantitative estimate of drug-likeness (QED) is 0.182. The Morgan fingerprint density at radius 1 is 1.03 bits per heavy atom. The molecule has 1 aromatic carbocycles. The maximum atomic E-state index is 5.58. The highest BCUT2D eigenvalue weighted by atomic mass is 127. The smallest absolute Gasteiger partial charge is 0.191 e. The second-order valence-electron chi connectivity index (χ2n) is 8.41. The van der Waals surface area contributed by atoms with Gasteiger partial charge in [0.05, 0.1) is 33.5 Å². The second-order valence-corrected chi connectivity index (χ2v) is 8.41. The largest absolute Gasteiger partial charge is 0.493 e. The predicted octanol–water partition coefficient (Wildman–Crippen LogP) is 2.74. The van der Waals surface area contributed by atoms with Crippen LogP contribution < -0.4 is 20.1 Å². The fourth-order valence-electron chi connectivity index (χ4n) is 4.49. The SMILES string of the molecule is CN=C(NCCCCN1CCCC1)NCC(c1ccc(OC)c(OC)c1)N1CCOCC1.I. The van der Waals surface area contributed by atoms with Crippen molar-refractivity contribution in [3.63, 3.8) is 0 Å². The van der Waals surface area contributed by atoms with E-state index in [1.54, 1.807) is 14.2 Å². The van der Waals surface area contributed by atoms with E-state index < -0.39 is 0 Å². The summed E-state index contributed by atoms with van der Waals surface area (Å²) in [5, 5.41) is 7.02. The zero-order valence-electron chi connectivity index (χ0n) is 20.5. The minimum absolute atomic E-state index is 0. The minimum Gasteiger partial charge on any atom is -0.493 e. The number of halogens is 1. The Morgan fingerprint density at radius 2 is 1.76 bits per heavy atom. The van der Waals surface area contributed by atoms with Crippen molar-refractivity contribution < 1.29 is 14.2 Å². The Morgan fingerprint density at radius 3 is 2.42 bits per heavy atom. The first-order chi connectivity index (χ1) is 15.7. The Balaban J connectivity index is 0.00000385. The molecule has 0 saturated carbocycles. The molecule has 2 aliphatic heterocycles. The maximum absolute atomic E-state index is 5.58. The van der Waals surface area contributed by atoms with Gasteiger partial charge in [-0.2, -0.15) is 0 Å². The highest BCUT2D eigenvalue weighted by Gasteiger charge is 2.24. The van der Waals surface area contributed by atoms with Crippen LogP contribution in [0.1, 0.15) is 37.3 Å². The van der Waals surface area contributed by atoms with Crippen LogP contribution in [0.3, 0.4) is 0 Å². The summed E-state index contributed by atoms with van der Waals surface area (Å²) < 4.78 is 16.5. The number of nitrogens with zero attached hydrogens (tertiary/aromatic N) is 3. The van der Waals surface area contributed by atoms with E-state index in [0.717, 1.165) is 63.3 Å². The lowest BCUT2D eigenvalue weighted by Gasteiger charge is -2.35. The average Bonchev–Trinajstić information content (AvgIpc) is 3.36. The van der Waals surface area contributed by atoms with E-state index in [2.05, 4.69) is 37.6 Å². The molecule has 1 atom stereocenters. The van der Waals surface area contributed by atoms with Gasteiger partial charge < -0.3 is 29.7 Å². The molecule has 1 aromatic rings. The van der Waals surface area contributed by atoms with Crippen molar-refractivity contribution in [2.45, 2.75) is 31.7 Å². The van der Waals surface area contributed by atoms with Gasteiger partial charge in [0.1, 0.15) is 0 Å². The third-order valence-corrected chi connectivity index (χ3v) is 6.36. The zero-order chi connectivity index (χ0) is 22.6. The van der Waals surface area contributed by atoms with E-state index in [9.17, 15) is 0 Å². The number of unbranched alkanes of at least 4 members (excludes halogenated alkanes) is 1. The Bertz CT molecular complexity index is 709. The van der Waals surface area contributed by atoms with Crippen molar-refractivity contribution in [3.05, 3.63) is 23.8 Å². The number of benzene rings is 1. The number of methoxy groups -OCH3 is 2. The predicted molar refractivity (Wildman–Crippen MR) is 144 cm³/mol. The molecule has 2 fully saturated rings. The van der Waals surface area contributed by atoms with E-state index in [-0.39, 0.29) is 30.0 Å². The molecular weight excluding hydrogens is 533 g/mol.